The summed E-state index contributed by atoms with van der Waals surface area (Å²) in [6, 6.07) is 10.4. The van der Waals surface area contributed by atoms with Gasteiger partial charge in [-0.2, -0.15) is 0 Å². The van der Waals surface area contributed by atoms with Crippen molar-refractivity contribution in [1.82, 2.24) is 10.2 Å². The maximum Gasteiger partial charge on any atom is 0.220 e. The van der Waals surface area contributed by atoms with Gasteiger partial charge >= 0.3 is 0 Å². The van der Waals surface area contributed by atoms with Gasteiger partial charge in [0.2, 0.25) is 5.91 Å². The molecule has 2 aromatic rings. The maximum absolute atomic E-state index is 12.9. The fourth-order valence-corrected chi connectivity index (χ4v) is 4.53. The van der Waals surface area contributed by atoms with Gasteiger partial charge in [-0.25, -0.2) is 4.39 Å². The molecule has 2 N–H and O–H groups in total. The molecule has 166 valence electrons. The molecule has 1 aromatic carbocycles. The Balaban J connectivity index is 1.34. The van der Waals surface area contributed by atoms with Crippen LogP contribution in [-0.4, -0.2) is 34.6 Å². The van der Waals surface area contributed by atoms with Crippen LogP contribution >= 0.6 is 11.3 Å². The van der Waals surface area contributed by atoms with Gasteiger partial charge in [-0.15, -0.1) is 11.3 Å². The van der Waals surface area contributed by atoms with Gasteiger partial charge in [0, 0.05) is 24.4 Å². The Morgan fingerprint density at radius 1 is 1.23 bits per heavy atom. The number of benzene rings is 1. The molecular weight excluding hydrogens is 411 g/mol. The molecule has 1 aliphatic heterocycles. The van der Waals surface area contributed by atoms with E-state index < -0.39 is 5.60 Å². The number of nitrogens with zero attached hydrogens (tertiary/aromatic N) is 1. The normalized spacial score (nSPS) is 15.4. The molecule has 31 heavy (non-hydrogen) atoms. The van der Waals surface area contributed by atoms with Gasteiger partial charge in [0.05, 0.1) is 4.88 Å². The molecule has 0 bridgehead atoms. The van der Waals surface area contributed by atoms with Crippen LogP contribution in [0.1, 0.15) is 54.8 Å². The Hall–Kier alpha value is -2.20. The van der Waals surface area contributed by atoms with Gasteiger partial charge in [0.25, 0.3) is 0 Å². The minimum absolute atomic E-state index is 0.0602. The van der Waals surface area contributed by atoms with Crippen LogP contribution in [-0.2, 0) is 17.9 Å². The number of likely N-dealkylation sites (tertiary alicyclic amines) is 1. The maximum atomic E-state index is 12.9. The number of rotatable bonds is 7. The van der Waals surface area contributed by atoms with Crippen LogP contribution in [0.25, 0.3) is 0 Å². The number of hydrogen-bond acceptors (Lipinski definition) is 4. The zero-order valence-corrected chi connectivity index (χ0v) is 19.1. The molecule has 1 amide bonds. The second-order valence-electron chi connectivity index (χ2n) is 8.74. The van der Waals surface area contributed by atoms with E-state index in [-0.39, 0.29) is 11.7 Å². The van der Waals surface area contributed by atoms with Gasteiger partial charge in [-0.1, -0.05) is 24.0 Å². The van der Waals surface area contributed by atoms with Crippen LogP contribution in [0.4, 0.5) is 4.39 Å². The number of carbonyl (C=O) groups is 1. The predicted octanol–water partition coefficient (Wildman–Crippen LogP) is 4.32. The number of thiophene rings is 1. The van der Waals surface area contributed by atoms with Gasteiger partial charge in [0.1, 0.15) is 11.4 Å². The number of amides is 1. The summed E-state index contributed by atoms with van der Waals surface area (Å²) < 4.78 is 12.9. The highest BCUT2D eigenvalue weighted by Crippen LogP contribution is 2.25. The molecule has 0 spiro atoms. The lowest BCUT2D eigenvalue weighted by Crippen LogP contribution is -2.33. The average Bonchev–Trinajstić information content (AvgIpc) is 3.18. The molecule has 1 fully saturated rings. The molecule has 0 radical (unpaired) electrons. The highest BCUT2D eigenvalue weighted by Gasteiger charge is 2.20. The fraction of sp³-hybridized carbons (Fsp3) is 0.480. The summed E-state index contributed by atoms with van der Waals surface area (Å²) in [6.07, 6.45) is 3.68. The number of hydrogen-bond donors (Lipinski definition) is 2. The lowest BCUT2D eigenvalue weighted by molar-refractivity contribution is -0.121. The largest absolute Gasteiger partial charge is 0.378 e. The Morgan fingerprint density at radius 2 is 1.94 bits per heavy atom. The van der Waals surface area contributed by atoms with E-state index in [2.05, 4.69) is 28.1 Å². The van der Waals surface area contributed by atoms with E-state index in [0.717, 1.165) is 49.3 Å². The van der Waals surface area contributed by atoms with Crippen molar-refractivity contribution in [2.75, 3.05) is 13.1 Å². The first-order chi connectivity index (χ1) is 14.8. The quantitative estimate of drug-likeness (QED) is 0.628. The summed E-state index contributed by atoms with van der Waals surface area (Å²) in [4.78, 5) is 16.9. The van der Waals surface area contributed by atoms with Crippen molar-refractivity contribution in [1.29, 1.82) is 0 Å². The molecule has 1 saturated heterocycles. The van der Waals surface area contributed by atoms with Gasteiger partial charge < -0.3 is 10.4 Å². The smallest absolute Gasteiger partial charge is 0.220 e. The molecule has 4 nitrogen and oxygen atoms in total. The summed E-state index contributed by atoms with van der Waals surface area (Å²) >= 11 is 1.69. The summed E-state index contributed by atoms with van der Waals surface area (Å²) in [6.45, 7) is 6.84. The van der Waals surface area contributed by atoms with Crippen LogP contribution in [0.2, 0.25) is 0 Å². The second-order valence-corrected chi connectivity index (χ2v) is 9.90. The third kappa shape index (κ3) is 8.45. The topological polar surface area (TPSA) is 52.6 Å². The van der Waals surface area contributed by atoms with E-state index in [9.17, 15) is 14.3 Å². The lowest BCUT2D eigenvalue weighted by Gasteiger charge is -2.31. The minimum atomic E-state index is -0.968. The zero-order chi connectivity index (χ0) is 22.3. The molecule has 0 aliphatic carbocycles. The number of carbonyl (C=O) groups excluding carboxylic acids is 1. The Kier molecular flexibility index (Phi) is 8.25. The summed E-state index contributed by atoms with van der Waals surface area (Å²) in [7, 11) is 0. The molecule has 1 aliphatic rings. The van der Waals surface area contributed by atoms with E-state index in [1.165, 1.54) is 17.0 Å². The van der Waals surface area contributed by atoms with Crippen molar-refractivity contribution in [3.63, 3.8) is 0 Å². The Morgan fingerprint density at radius 3 is 2.61 bits per heavy atom. The number of aliphatic hydroxyl groups is 1. The van der Waals surface area contributed by atoms with Crippen molar-refractivity contribution in [2.45, 2.75) is 58.2 Å². The molecule has 1 aromatic heterocycles. The van der Waals surface area contributed by atoms with Crippen LogP contribution in [0.5, 0.6) is 0 Å². The number of piperidine rings is 1. The van der Waals surface area contributed by atoms with Gasteiger partial charge in [0.15, 0.2) is 0 Å². The van der Waals surface area contributed by atoms with E-state index in [1.54, 1.807) is 37.3 Å². The van der Waals surface area contributed by atoms with E-state index >= 15 is 0 Å². The van der Waals surface area contributed by atoms with Gasteiger partial charge in [-0.3, -0.25) is 9.69 Å². The molecule has 2 heterocycles. The first-order valence-corrected chi connectivity index (χ1v) is 11.7. The first kappa shape index (κ1) is 23.5. The van der Waals surface area contributed by atoms with Crippen LogP contribution in [0, 0.1) is 23.6 Å². The molecular formula is C25H31FN2O2S. The fourth-order valence-electron chi connectivity index (χ4n) is 3.62. The summed E-state index contributed by atoms with van der Waals surface area (Å²) in [5.41, 5.74) is -0.0602. The van der Waals surface area contributed by atoms with Crippen molar-refractivity contribution in [2.24, 2.45) is 5.92 Å². The Bertz CT molecular complexity index is 913. The van der Waals surface area contributed by atoms with Crippen LogP contribution in [0.3, 0.4) is 0 Å². The monoisotopic (exact) mass is 442 g/mol. The SMILES string of the molecule is CC(C)(O)C#Cc1ccc(CN2CCC(CCC(=O)NCc3ccc(F)cc3)CC2)s1. The number of nitrogens with one attached hydrogen (secondary N) is 1. The number of halogens is 1. The minimum Gasteiger partial charge on any atom is -0.378 e. The Labute approximate surface area is 188 Å². The van der Waals surface area contributed by atoms with E-state index in [4.69, 9.17) is 0 Å². The zero-order valence-electron chi connectivity index (χ0n) is 18.3. The summed E-state index contributed by atoms with van der Waals surface area (Å²) in [5.74, 6) is 6.29. The molecule has 0 atom stereocenters. The third-order valence-electron chi connectivity index (χ3n) is 5.42. The van der Waals surface area contributed by atoms with Crippen LogP contribution < -0.4 is 5.32 Å². The standard InChI is InChI=1S/C25H31FN2O2S/c1-25(2,30)14-11-22-8-9-23(31-22)18-28-15-12-19(13-16-28)5-10-24(29)27-17-20-3-6-21(26)7-4-20/h3-4,6-9,19,30H,5,10,12-13,15-18H2,1-2H3,(H,27,29). The molecule has 0 unspecified atom stereocenters. The van der Waals surface area contributed by atoms with Crippen LogP contribution in [0.15, 0.2) is 36.4 Å². The molecule has 6 heteroatoms. The second kappa shape index (κ2) is 10.9. The molecule has 0 saturated carbocycles. The van der Waals surface area contributed by atoms with Gasteiger partial charge in [-0.05, 0) is 81.9 Å². The average molecular weight is 443 g/mol. The van der Waals surface area contributed by atoms with E-state index in [1.807, 2.05) is 6.07 Å². The lowest BCUT2D eigenvalue weighted by atomic mass is 9.92. The van der Waals surface area contributed by atoms with Crippen molar-refractivity contribution in [3.8, 4) is 11.8 Å². The first-order valence-electron chi connectivity index (χ1n) is 10.8. The van der Waals surface area contributed by atoms with Crippen molar-refractivity contribution < 1.29 is 14.3 Å². The van der Waals surface area contributed by atoms with Crippen molar-refractivity contribution >= 4 is 17.2 Å². The highest BCUT2D eigenvalue weighted by atomic mass is 32.1. The predicted molar refractivity (Wildman–Crippen MR) is 123 cm³/mol. The van der Waals surface area contributed by atoms with Crippen molar-refractivity contribution in [3.05, 3.63) is 57.5 Å². The van der Waals surface area contributed by atoms with E-state index in [0.29, 0.717) is 18.9 Å². The third-order valence-corrected chi connectivity index (χ3v) is 6.41. The molecule has 3 rings (SSSR count). The highest BCUT2D eigenvalue weighted by molar-refractivity contribution is 7.12. The summed E-state index contributed by atoms with van der Waals surface area (Å²) in [5, 5.41) is 12.7.